The van der Waals surface area contributed by atoms with E-state index in [1.807, 2.05) is 13.0 Å². The lowest BCUT2D eigenvalue weighted by atomic mass is 10.1. The van der Waals surface area contributed by atoms with Gasteiger partial charge in [0.15, 0.2) is 0 Å². The highest BCUT2D eigenvalue weighted by atomic mass is 79.9. The lowest BCUT2D eigenvalue weighted by molar-refractivity contribution is 0.224. The van der Waals surface area contributed by atoms with Crippen molar-refractivity contribution >= 4 is 43.2 Å². The van der Waals surface area contributed by atoms with E-state index in [1.165, 1.54) is 17.4 Å². The van der Waals surface area contributed by atoms with E-state index in [0.29, 0.717) is 10.0 Å². The van der Waals surface area contributed by atoms with E-state index in [-0.39, 0.29) is 5.82 Å². The molecule has 0 aliphatic carbocycles. The van der Waals surface area contributed by atoms with Gasteiger partial charge in [-0.2, -0.15) is 0 Å². The van der Waals surface area contributed by atoms with Crippen molar-refractivity contribution in [1.82, 2.24) is 0 Å². The van der Waals surface area contributed by atoms with Crippen LogP contribution in [0.1, 0.15) is 22.1 Å². The second-order valence-corrected chi connectivity index (χ2v) is 6.94. The van der Waals surface area contributed by atoms with Gasteiger partial charge in [-0.15, -0.1) is 11.3 Å². The molecule has 2 aromatic rings. The molecule has 1 heterocycles. The fourth-order valence-electron chi connectivity index (χ4n) is 1.47. The molecular weight excluding hydrogens is 371 g/mol. The van der Waals surface area contributed by atoms with E-state index in [9.17, 15) is 9.50 Å². The van der Waals surface area contributed by atoms with Crippen LogP contribution in [0.3, 0.4) is 0 Å². The maximum absolute atomic E-state index is 13.1. The van der Waals surface area contributed by atoms with Crippen LogP contribution in [0.15, 0.2) is 32.5 Å². The number of thiophene rings is 1. The second-order valence-electron chi connectivity index (χ2n) is 3.68. The molecule has 0 spiro atoms. The van der Waals surface area contributed by atoms with Gasteiger partial charge in [-0.05, 0) is 68.1 Å². The van der Waals surface area contributed by atoms with Crippen molar-refractivity contribution in [2.24, 2.45) is 0 Å². The Morgan fingerprint density at radius 2 is 2.00 bits per heavy atom. The summed E-state index contributed by atoms with van der Waals surface area (Å²) in [6.45, 7) is 1.97. The molecule has 0 amide bonds. The lowest BCUT2D eigenvalue weighted by Gasteiger charge is -2.09. The lowest BCUT2D eigenvalue weighted by Crippen LogP contribution is -1.97. The zero-order valence-electron chi connectivity index (χ0n) is 8.88. The predicted molar refractivity (Wildman–Crippen MR) is 74.9 cm³/mol. The number of aliphatic hydroxyl groups is 1. The minimum Gasteiger partial charge on any atom is -0.383 e. The number of hydrogen-bond acceptors (Lipinski definition) is 2. The highest BCUT2D eigenvalue weighted by Crippen LogP contribution is 2.35. The second kappa shape index (κ2) is 5.18. The summed E-state index contributed by atoms with van der Waals surface area (Å²) in [6.07, 6.45) is -0.720. The number of hydrogen-bond donors (Lipinski definition) is 1. The molecular formula is C12H9Br2FOS. The van der Waals surface area contributed by atoms with E-state index in [4.69, 9.17) is 0 Å². The topological polar surface area (TPSA) is 20.2 Å². The average Bonchev–Trinajstić information content (AvgIpc) is 2.62. The van der Waals surface area contributed by atoms with E-state index in [0.717, 1.165) is 14.2 Å². The normalized spacial score (nSPS) is 12.8. The molecule has 0 saturated carbocycles. The summed E-state index contributed by atoms with van der Waals surface area (Å²) in [5.74, 6) is -0.329. The summed E-state index contributed by atoms with van der Waals surface area (Å²) < 4.78 is 14.5. The quantitative estimate of drug-likeness (QED) is 0.794. The van der Waals surface area contributed by atoms with Crippen LogP contribution in [-0.2, 0) is 0 Å². The van der Waals surface area contributed by atoms with Crippen LogP contribution in [0.5, 0.6) is 0 Å². The van der Waals surface area contributed by atoms with Crippen molar-refractivity contribution in [1.29, 1.82) is 0 Å². The molecule has 17 heavy (non-hydrogen) atoms. The molecule has 0 aliphatic rings. The van der Waals surface area contributed by atoms with Crippen molar-refractivity contribution in [2.45, 2.75) is 13.0 Å². The molecule has 0 fully saturated rings. The van der Waals surface area contributed by atoms with Gasteiger partial charge in [0, 0.05) is 4.88 Å². The summed E-state index contributed by atoms with van der Waals surface area (Å²) in [5.41, 5.74) is 1.76. The molecule has 1 unspecified atom stereocenters. The molecule has 90 valence electrons. The van der Waals surface area contributed by atoms with Crippen LogP contribution in [0, 0.1) is 12.7 Å². The molecule has 5 heteroatoms. The van der Waals surface area contributed by atoms with Crippen molar-refractivity contribution < 1.29 is 9.50 Å². The number of halogens is 3. The van der Waals surface area contributed by atoms with Crippen molar-refractivity contribution in [3.8, 4) is 0 Å². The van der Waals surface area contributed by atoms with Crippen LogP contribution in [0.4, 0.5) is 4.39 Å². The van der Waals surface area contributed by atoms with Crippen LogP contribution >= 0.6 is 43.2 Å². The fourth-order valence-corrected chi connectivity index (χ4v) is 3.45. The Labute approximate surface area is 120 Å². The first-order chi connectivity index (χ1) is 7.99. The molecule has 1 aromatic heterocycles. The number of aryl methyl sites for hydroxylation is 1. The van der Waals surface area contributed by atoms with E-state index in [2.05, 4.69) is 31.9 Å². The van der Waals surface area contributed by atoms with Crippen LogP contribution in [-0.4, -0.2) is 5.11 Å². The number of aliphatic hydroxyl groups excluding tert-OH is 1. The number of benzene rings is 1. The van der Waals surface area contributed by atoms with Gasteiger partial charge in [-0.1, -0.05) is 6.07 Å². The van der Waals surface area contributed by atoms with Gasteiger partial charge >= 0.3 is 0 Å². The highest BCUT2D eigenvalue weighted by molar-refractivity contribution is 9.11. The maximum atomic E-state index is 13.1. The van der Waals surface area contributed by atoms with E-state index >= 15 is 0 Å². The summed E-state index contributed by atoms with van der Waals surface area (Å²) in [7, 11) is 0. The zero-order chi connectivity index (χ0) is 12.6. The molecule has 1 N–H and O–H groups in total. The highest BCUT2D eigenvalue weighted by Gasteiger charge is 2.15. The molecule has 1 nitrogen and oxygen atoms in total. The first kappa shape index (κ1) is 13.2. The smallest absolute Gasteiger partial charge is 0.137 e. The Balaban J connectivity index is 2.36. The average molecular weight is 380 g/mol. The molecule has 0 radical (unpaired) electrons. The first-order valence-electron chi connectivity index (χ1n) is 4.88. The summed E-state index contributed by atoms with van der Waals surface area (Å²) in [5, 5.41) is 10.2. The number of rotatable bonds is 2. The van der Waals surface area contributed by atoms with Gasteiger partial charge in [-0.3, -0.25) is 0 Å². The predicted octanol–water partition coefficient (Wildman–Crippen LogP) is 4.80. The van der Waals surface area contributed by atoms with Crippen LogP contribution < -0.4 is 0 Å². The van der Waals surface area contributed by atoms with E-state index < -0.39 is 6.10 Å². The van der Waals surface area contributed by atoms with Gasteiger partial charge in [0.2, 0.25) is 0 Å². The largest absolute Gasteiger partial charge is 0.383 e. The van der Waals surface area contributed by atoms with Crippen LogP contribution in [0.25, 0.3) is 0 Å². The minimum atomic E-state index is -0.720. The Hall–Kier alpha value is -0.230. The Morgan fingerprint density at radius 1 is 1.29 bits per heavy atom. The third-order valence-electron chi connectivity index (χ3n) is 2.41. The molecule has 1 aromatic carbocycles. The molecule has 0 bridgehead atoms. The standard InChI is InChI=1S/C12H9Br2FOS/c1-6-4-10(17-12(6)14)11(16)7-2-3-9(15)8(13)5-7/h2-5,11,16H,1H3. The molecule has 0 aliphatic heterocycles. The van der Waals surface area contributed by atoms with Crippen molar-refractivity contribution in [2.75, 3.05) is 0 Å². The molecule has 0 saturated heterocycles. The Morgan fingerprint density at radius 3 is 2.53 bits per heavy atom. The molecule has 2 rings (SSSR count). The third-order valence-corrected chi connectivity index (χ3v) is 5.20. The van der Waals surface area contributed by atoms with Gasteiger partial charge in [-0.25, -0.2) is 4.39 Å². The van der Waals surface area contributed by atoms with E-state index in [1.54, 1.807) is 12.1 Å². The van der Waals surface area contributed by atoms with Gasteiger partial charge < -0.3 is 5.11 Å². The third kappa shape index (κ3) is 2.78. The van der Waals surface area contributed by atoms with Crippen LogP contribution in [0.2, 0.25) is 0 Å². The minimum absolute atomic E-state index is 0.329. The first-order valence-corrected chi connectivity index (χ1v) is 7.28. The van der Waals surface area contributed by atoms with Gasteiger partial charge in [0.1, 0.15) is 11.9 Å². The van der Waals surface area contributed by atoms with Gasteiger partial charge in [0.25, 0.3) is 0 Å². The van der Waals surface area contributed by atoms with Crippen molar-refractivity contribution in [3.63, 3.8) is 0 Å². The van der Waals surface area contributed by atoms with Gasteiger partial charge in [0.05, 0.1) is 8.26 Å². The SMILES string of the molecule is Cc1cc(C(O)c2ccc(F)c(Br)c2)sc1Br. The fraction of sp³-hybridized carbons (Fsp3) is 0.167. The maximum Gasteiger partial charge on any atom is 0.137 e. The summed E-state index contributed by atoms with van der Waals surface area (Å²) in [6, 6.07) is 6.46. The zero-order valence-corrected chi connectivity index (χ0v) is 12.9. The summed E-state index contributed by atoms with van der Waals surface area (Å²) >= 11 is 8.02. The van der Waals surface area contributed by atoms with Crippen molar-refractivity contribution in [3.05, 3.63) is 54.3 Å². The Kier molecular flexibility index (Phi) is 4.02. The molecule has 1 atom stereocenters. The monoisotopic (exact) mass is 378 g/mol. The summed E-state index contributed by atoms with van der Waals surface area (Å²) in [4.78, 5) is 0.841. The Bertz CT molecular complexity index is 534.